The molecule has 4 rings (SSSR count). The molecule has 1 aliphatic rings. The van der Waals surface area contributed by atoms with E-state index in [-0.39, 0.29) is 6.09 Å². The number of carbonyl (C=O) groups excluding carboxylic acids is 1. The fourth-order valence-electron chi connectivity index (χ4n) is 3.44. The van der Waals surface area contributed by atoms with Crippen LogP contribution >= 0.6 is 0 Å². The Morgan fingerprint density at radius 3 is 2.62 bits per heavy atom. The first-order valence-corrected chi connectivity index (χ1v) is 11.2. The van der Waals surface area contributed by atoms with E-state index >= 15 is 0 Å². The number of aromatic nitrogens is 2. The quantitative estimate of drug-likeness (QED) is 0.503. The van der Waals surface area contributed by atoms with Crippen LogP contribution in [0.1, 0.15) is 46.1 Å². The summed E-state index contributed by atoms with van der Waals surface area (Å²) in [5.41, 5.74) is 6.87. The van der Waals surface area contributed by atoms with Gasteiger partial charge in [-0.25, -0.2) is 25.2 Å². The summed E-state index contributed by atoms with van der Waals surface area (Å²) < 4.78 is 5.46. The molecule has 1 amide bonds. The molecule has 0 bridgehead atoms. The van der Waals surface area contributed by atoms with Gasteiger partial charge in [-0.3, -0.25) is 0 Å². The average molecular weight is 434 g/mol. The lowest BCUT2D eigenvalue weighted by Crippen LogP contribution is -2.45. The number of benzene rings is 2. The van der Waals surface area contributed by atoms with Crippen molar-refractivity contribution < 1.29 is 9.53 Å². The van der Waals surface area contributed by atoms with Crippen molar-refractivity contribution in [3.63, 3.8) is 0 Å². The van der Waals surface area contributed by atoms with Crippen LogP contribution in [-0.2, 0) is 11.3 Å². The van der Waals surface area contributed by atoms with E-state index in [2.05, 4.69) is 45.0 Å². The number of rotatable bonds is 7. The highest BCUT2D eigenvalue weighted by atomic mass is 16.6. The van der Waals surface area contributed by atoms with E-state index in [1.165, 1.54) is 17.9 Å². The molecular weight excluding hydrogens is 402 g/mol. The summed E-state index contributed by atoms with van der Waals surface area (Å²) in [5.74, 6) is 0.896. The van der Waals surface area contributed by atoms with Gasteiger partial charge in [-0.15, -0.1) is 0 Å². The number of hydrogen-bond donors (Lipinski definition) is 2. The zero-order valence-electron chi connectivity index (χ0n) is 19.2. The minimum atomic E-state index is -0.529. The molecule has 0 unspecified atom stereocenters. The lowest BCUT2D eigenvalue weighted by Gasteiger charge is -2.27. The van der Waals surface area contributed by atoms with Crippen molar-refractivity contribution in [2.75, 3.05) is 11.9 Å². The molecule has 0 spiro atoms. The Morgan fingerprint density at radius 1 is 1.12 bits per heavy atom. The van der Waals surface area contributed by atoms with Crippen molar-refractivity contribution in [3.8, 4) is 11.1 Å². The molecule has 1 aliphatic carbocycles. The minimum absolute atomic E-state index is 0.374. The van der Waals surface area contributed by atoms with Gasteiger partial charge < -0.3 is 10.1 Å². The lowest BCUT2D eigenvalue weighted by atomic mass is 10.0. The van der Waals surface area contributed by atoms with E-state index < -0.39 is 5.60 Å². The van der Waals surface area contributed by atoms with Crippen LogP contribution in [0.4, 0.5) is 10.6 Å². The molecule has 1 aromatic heterocycles. The molecule has 0 aliphatic heterocycles. The molecule has 1 saturated carbocycles. The third-order valence-electron chi connectivity index (χ3n) is 5.22. The van der Waals surface area contributed by atoms with Crippen LogP contribution < -0.4 is 10.7 Å². The Hall–Kier alpha value is -3.19. The van der Waals surface area contributed by atoms with Crippen molar-refractivity contribution in [3.05, 3.63) is 54.4 Å². The van der Waals surface area contributed by atoms with Gasteiger partial charge in [0.05, 0.1) is 5.52 Å². The fraction of sp³-hybridized carbons (Fsp3) is 0.400. The topological polar surface area (TPSA) is 79.4 Å². The van der Waals surface area contributed by atoms with E-state index in [0.717, 1.165) is 33.4 Å². The SMILES string of the molecule is CCN(NCc1cccc(-c2ccc3ncnc(NC4CC4)c3c2)c1)C(=O)OC(C)(C)C. The van der Waals surface area contributed by atoms with Crippen LogP contribution in [0.25, 0.3) is 22.0 Å². The summed E-state index contributed by atoms with van der Waals surface area (Å²) >= 11 is 0. The first kappa shape index (κ1) is 22.0. The second kappa shape index (κ2) is 9.12. The molecule has 168 valence electrons. The average Bonchev–Trinajstić information content (AvgIpc) is 3.57. The first-order valence-electron chi connectivity index (χ1n) is 11.2. The standard InChI is InChI=1S/C25H31N5O2/c1-5-30(24(31)32-25(2,3)4)28-15-17-7-6-8-18(13-17)19-9-12-22-21(14-19)23(27-16-26-22)29-20-10-11-20/h6-9,12-14,16,20,28H,5,10-11,15H2,1-4H3,(H,26,27,29). The van der Waals surface area contributed by atoms with Gasteiger partial charge in [0.1, 0.15) is 17.7 Å². The normalized spacial score (nSPS) is 13.8. The Balaban J connectivity index is 1.51. The molecular formula is C25H31N5O2. The van der Waals surface area contributed by atoms with Crippen molar-refractivity contribution in [2.24, 2.45) is 0 Å². The summed E-state index contributed by atoms with van der Waals surface area (Å²) in [6.07, 6.45) is 3.63. The van der Waals surface area contributed by atoms with E-state index in [4.69, 9.17) is 4.74 Å². The number of anilines is 1. The first-order chi connectivity index (χ1) is 15.3. The molecule has 7 nitrogen and oxygen atoms in total. The molecule has 1 heterocycles. The number of nitrogens with zero attached hydrogens (tertiary/aromatic N) is 3. The molecule has 1 fully saturated rings. The smallest absolute Gasteiger partial charge is 0.424 e. The molecule has 0 atom stereocenters. The van der Waals surface area contributed by atoms with E-state index in [9.17, 15) is 4.79 Å². The maximum absolute atomic E-state index is 12.4. The van der Waals surface area contributed by atoms with Crippen LogP contribution in [0.3, 0.4) is 0 Å². The Morgan fingerprint density at radius 2 is 1.91 bits per heavy atom. The van der Waals surface area contributed by atoms with E-state index in [0.29, 0.717) is 19.1 Å². The predicted molar refractivity (Wildman–Crippen MR) is 127 cm³/mol. The summed E-state index contributed by atoms with van der Waals surface area (Å²) in [5, 5.41) is 6.04. The number of amides is 1. The number of nitrogens with one attached hydrogen (secondary N) is 2. The van der Waals surface area contributed by atoms with Gasteiger partial charge in [-0.05, 0) is 75.4 Å². The molecule has 32 heavy (non-hydrogen) atoms. The van der Waals surface area contributed by atoms with Crippen LogP contribution in [0.5, 0.6) is 0 Å². The van der Waals surface area contributed by atoms with Gasteiger partial charge in [0.25, 0.3) is 0 Å². The van der Waals surface area contributed by atoms with Crippen LogP contribution in [0.2, 0.25) is 0 Å². The molecule has 3 aromatic rings. The predicted octanol–water partition coefficient (Wildman–Crippen LogP) is 5.13. The van der Waals surface area contributed by atoms with Gasteiger partial charge in [-0.1, -0.05) is 24.3 Å². The second-order valence-corrected chi connectivity index (χ2v) is 9.13. The molecule has 7 heteroatoms. The van der Waals surface area contributed by atoms with E-state index in [1.54, 1.807) is 6.33 Å². The highest BCUT2D eigenvalue weighted by Crippen LogP contribution is 2.30. The highest BCUT2D eigenvalue weighted by Gasteiger charge is 2.23. The Bertz CT molecular complexity index is 1100. The van der Waals surface area contributed by atoms with Crippen molar-refractivity contribution in [2.45, 2.75) is 58.7 Å². The Labute approximate surface area is 189 Å². The Kier molecular flexibility index (Phi) is 6.28. The maximum atomic E-state index is 12.4. The zero-order valence-corrected chi connectivity index (χ0v) is 19.2. The number of hydrazine groups is 1. The van der Waals surface area contributed by atoms with Gasteiger partial charge in [0, 0.05) is 24.5 Å². The van der Waals surface area contributed by atoms with Gasteiger partial charge in [0.2, 0.25) is 0 Å². The van der Waals surface area contributed by atoms with Crippen molar-refractivity contribution >= 4 is 22.8 Å². The monoisotopic (exact) mass is 433 g/mol. The molecule has 2 N–H and O–H groups in total. The fourth-order valence-corrected chi connectivity index (χ4v) is 3.44. The van der Waals surface area contributed by atoms with Crippen LogP contribution in [-0.4, -0.2) is 39.3 Å². The van der Waals surface area contributed by atoms with Crippen LogP contribution in [0, 0.1) is 0 Å². The maximum Gasteiger partial charge on any atom is 0.424 e. The van der Waals surface area contributed by atoms with Crippen molar-refractivity contribution in [1.82, 2.24) is 20.4 Å². The lowest BCUT2D eigenvalue weighted by molar-refractivity contribution is 0.0144. The van der Waals surface area contributed by atoms with E-state index in [1.807, 2.05) is 45.9 Å². The summed E-state index contributed by atoms with van der Waals surface area (Å²) in [6.45, 7) is 8.53. The minimum Gasteiger partial charge on any atom is -0.443 e. The molecule has 0 saturated heterocycles. The summed E-state index contributed by atoms with van der Waals surface area (Å²) in [6, 6.07) is 15.1. The summed E-state index contributed by atoms with van der Waals surface area (Å²) in [4.78, 5) is 21.2. The molecule has 2 aromatic carbocycles. The summed E-state index contributed by atoms with van der Waals surface area (Å²) in [7, 11) is 0. The number of carbonyl (C=O) groups is 1. The number of ether oxygens (including phenoxy) is 1. The van der Waals surface area contributed by atoms with Gasteiger partial charge in [0.15, 0.2) is 0 Å². The van der Waals surface area contributed by atoms with Crippen molar-refractivity contribution in [1.29, 1.82) is 0 Å². The third kappa shape index (κ3) is 5.53. The van der Waals surface area contributed by atoms with Gasteiger partial charge >= 0.3 is 6.09 Å². The van der Waals surface area contributed by atoms with Crippen LogP contribution in [0.15, 0.2) is 48.8 Å². The largest absolute Gasteiger partial charge is 0.443 e. The number of hydrogen-bond acceptors (Lipinski definition) is 6. The zero-order chi connectivity index (χ0) is 22.7. The van der Waals surface area contributed by atoms with Gasteiger partial charge in [-0.2, -0.15) is 0 Å². The number of fused-ring (bicyclic) bond motifs is 1. The molecule has 0 radical (unpaired) electrons. The third-order valence-corrected chi connectivity index (χ3v) is 5.22. The second-order valence-electron chi connectivity index (χ2n) is 9.13. The highest BCUT2D eigenvalue weighted by molar-refractivity contribution is 5.92.